The molecule has 0 saturated carbocycles. The number of carbonyl (C=O) groups is 2. The average Bonchev–Trinajstić information content (AvgIpc) is 2.86. The lowest BCUT2D eigenvalue weighted by molar-refractivity contribution is -0.0117. The lowest BCUT2D eigenvalue weighted by atomic mass is 10.0. The summed E-state index contributed by atoms with van der Waals surface area (Å²) < 4.78 is 32.3. The van der Waals surface area contributed by atoms with Gasteiger partial charge in [0.05, 0.1) is 24.0 Å². The highest BCUT2D eigenvalue weighted by Gasteiger charge is 2.28. The first kappa shape index (κ1) is 24.4. The van der Waals surface area contributed by atoms with Crippen molar-refractivity contribution in [3.63, 3.8) is 0 Å². The van der Waals surface area contributed by atoms with Gasteiger partial charge in [-0.1, -0.05) is 0 Å². The summed E-state index contributed by atoms with van der Waals surface area (Å²) >= 11 is 0. The van der Waals surface area contributed by atoms with Crippen LogP contribution in [0.3, 0.4) is 0 Å². The van der Waals surface area contributed by atoms with Gasteiger partial charge in [0, 0.05) is 44.0 Å². The highest BCUT2D eigenvalue weighted by molar-refractivity contribution is 6.01. The molecule has 4 rings (SSSR count). The molecular weight excluding hydrogens is 460 g/mol. The number of morpholine rings is 1. The van der Waals surface area contributed by atoms with Crippen LogP contribution in [0.2, 0.25) is 0 Å². The highest BCUT2D eigenvalue weighted by Crippen LogP contribution is 2.31. The molecule has 1 unspecified atom stereocenters. The van der Waals surface area contributed by atoms with Crippen molar-refractivity contribution in [1.29, 1.82) is 5.26 Å². The van der Waals surface area contributed by atoms with E-state index < -0.39 is 23.7 Å². The van der Waals surface area contributed by atoms with Gasteiger partial charge in [0.25, 0.3) is 6.43 Å². The van der Waals surface area contributed by atoms with E-state index in [1.807, 2.05) is 7.05 Å². The van der Waals surface area contributed by atoms with Crippen LogP contribution in [0.1, 0.15) is 40.0 Å². The number of nitriles is 1. The van der Waals surface area contributed by atoms with Crippen LogP contribution in [-0.2, 0) is 11.2 Å². The summed E-state index contributed by atoms with van der Waals surface area (Å²) in [7, 11) is 2.01. The molecule has 35 heavy (non-hydrogen) atoms. The van der Waals surface area contributed by atoms with Gasteiger partial charge in [-0.05, 0) is 31.5 Å². The molecular formula is C23H25F2N7O3. The minimum absolute atomic E-state index is 0.0485. The molecule has 0 spiro atoms. The first-order chi connectivity index (χ1) is 16.9. The van der Waals surface area contributed by atoms with Crippen molar-refractivity contribution in [2.24, 2.45) is 0 Å². The number of nitrogens with zero attached hydrogens (tertiary/aromatic N) is 5. The molecule has 2 aliphatic rings. The second-order valence-corrected chi connectivity index (χ2v) is 8.41. The van der Waals surface area contributed by atoms with Crippen molar-refractivity contribution < 1.29 is 23.1 Å². The second-order valence-electron chi connectivity index (χ2n) is 8.41. The lowest BCUT2D eigenvalue weighted by Gasteiger charge is -2.30. The number of alkyl halides is 2. The summed E-state index contributed by atoms with van der Waals surface area (Å²) in [5.41, 5.74) is 0.444. The quantitative estimate of drug-likeness (QED) is 0.599. The van der Waals surface area contributed by atoms with Crippen LogP contribution in [0, 0.1) is 11.3 Å². The summed E-state index contributed by atoms with van der Waals surface area (Å²) in [4.78, 5) is 36.0. The molecule has 2 aliphatic heterocycles. The highest BCUT2D eigenvalue weighted by atomic mass is 19.3. The molecule has 12 heteroatoms. The van der Waals surface area contributed by atoms with E-state index in [0.29, 0.717) is 49.4 Å². The number of likely N-dealkylation sites (N-methyl/N-ethyl adjacent to an activating group) is 1. The number of rotatable bonds is 6. The second kappa shape index (κ2) is 10.7. The molecule has 1 saturated heterocycles. The molecule has 0 aromatic carbocycles. The number of halogens is 2. The first-order valence-electron chi connectivity index (χ1n) is 11.2. The van der Waals surface area contributed by atoms with Gasteiger partial charge in [-0.25, -0.2) is 23.5 Å². The number of pyridine rings is 2. The fraction of sp³-hybridized carbons (Fsp3) is 0.435. The number of anilines is 3. The Morgan fingerprint density at radius 1 is 1.40 bits per heavy atom. The molecule has 2 amide bonds. The van der Waals surface area contributed by atoms with E-state index in [1.165, 1.54) is 17.2 Å². The number of amides is 2. The van der Waals surface area contributed by atoms with Crippen LogP contribution >= 0.6 is 0 Å². The maximum atomic E-state index is 13.3. The van der Waals surface area contributed by atoms with Crippen molar-refractivity contribution in [3.05, 3.63) is 40.7 Å². The number of aldehydes is 1. The number of aryl methyl sites for hydroxylation is 1. The fourth-order valence-electron chi connectivity index (χ4n) is 4.14. The van der Waals surface area contributed by atoms with Gasteiger partial charge in [0.1, 0.15) is 23.4 Å². The molecule has 0 radical (unpaired) electrons. The average molecular weight is 485 g/mol. The van der Waals surface area contributed by atoms with Crippen LogP contribution in [0.4, 0.5) is 30.9 Å². The Labute approximate surface area is 200 Å². The number of hydrogen-bond acceptors (Lipinski definition) is 8. The topological polar surface area (TPSA) is 123 Å². The number of hydrogen-bond donors (Lipinski definition) is 2. The zero-order valence-corrected chi connectivity index (χ0v) is 19.1. The predicted octanol–water partition coefficient (Wildman–Crippen LogP) is 2.83. The monoisotopic (exact) mass is 485 g/mol. The molecule has 2 aromatic heterocycles. The molecule has 2 aromatic rings. The van der Waals surface area contributed by atoms with Gasteiger partial charge in [-0.2, -0.15) is 5.26 Å². The van der Waals surface area contributed by atoms with Crippen LogP contribution in [0.25, 0.3) is 0 Å². The molecule has 0 aliphatic carbocycles. The molecule has 1 fully saturated rings. The van der Waals surface area contributed by atoms with Crippen molar-refractivity contribution >= 4 is 29.6 Å². The van der Waals surface area contributed by atoms with Crippen molar-refractivity contribution in [2.75, 3.05) is 55.4 Å². The molecule has 184 valence electrons. The molecule has 10 nitrogen and oxygen atoms in total. The van der Waals surface area contributed by atoms with Gasteiger partial charge in [-0.15, -0.1) is 0 Å². The van der Waals surface area contributed by atoms with Crippen LogP contribution in [0.15, 0.2) is 18.3 Å². The SMILES string of the molecule is CN1CCOC(CNc2cc(NC(=O)N3CCCc4cc(C(F)F)c(C=O)nc43)ncc2C#N)C1. The maximum absolute atomic E-state index is 13.3. The zero-order chi connectivity index (χ0) is 24.9. The van der Waals surface area contributed by atoms with Crippen molar-refractivity contribution in [2.45, 2.75) is 25.4 Å². The number of aromatic nitrogens is 2. The summed E-state index contributed by atoms with van der Waals surface area (Å²) in [5, 5.41) is 15.3. The molecule has 1 atom stereocenters. The predicted molar refractivity (Wildman–Crippen MR) is 124 cm³/mol. The third kappa shape index (κ3) is 5.52. The van der Waals surface area contributed by atoms with E-state index in [-0.39, 0.29) is 24.0 Å². The first-order valence-corrected chi connectivity index (χ1v) is 11.2. The van der Waals surface area contributed by atoms with E-state index in [1.54, 1.807) is 6.07 Å². The van der Waals surface area contributed by atoms with E-state index in [4.69, 9.17) is 4.74 Å². The van der Waals surface area contributed by atoms with Crippen LogP contribution in [0.5, 0.6) is 0 Å². The Morgan fingerprint density at radius 3 is 2.94 bits per heavy atom. The summed E-state index contributed by atoms with van der Waals surface area (Å²) in [6.07, 6.45) is -0.257. The third-order valence-corrected chi connectivity index (χ3v) is 5.94. The standard InChI is InChI=1S/C23H25F2N7O3/c1-31-5-6-35-16(12-31)11-27-18-8-20(28-10-15(18)9-26)30-23(34)32-4-2-3-14-7-17(21(24)25)19(13-33)29-22(14)32/h7-8,10,13,16,21H,2-6,11-12H2,1H3,(H2,27,28,30,34). The Hall–Kier alpha value is -3.69. The number of ether oxygens (including phenoxy) is 1. The third-order valence-electron chi connectivity index (χ3n) is 5.94. The number of carbonyl (C=O) groups excluding carboxylic acids is 2. The molecule has 2 N–H and O–H groups in total. The van der Waals surface area contributed by atoms with E-state index in [0.717, 1.165) is 13.1 Å². The number of urea groups is 1. The zero-order valence-electron chi connectivity index (χ0n) is 19.1. The Morgan fingerprint density at radius 2 is 2.23 bits per heavy atom. The largest absolute Gasteiger partial charge is 0.381 e. The Bertz CT molecular complexity index is 1150. The van der Waals surface area contributed by atoms with Crippen LogP contribution < -0.4 is 15.5 Å². The minimum atomic E-state index is -2.84. The Balaban J connectivity index is 1.51. The molecule has 4 heterocycles. The maximum Gasteiger partial charge on any atom is 0.328 e. The van der Waals surface area contributed by atoms with E-state index in [9.17, 15) is 23.6 Å². The fourth-order valence-corrected chi connectivity index (χ4v) is 4.14. The van der Waals surface area contributed by atoms with Gasteiger partial charge < -0.3 is 15.0 Å². The van der Waals surface area contributed by atoms with Gasteiger partial charge in [-0.3, -0.25) is 15.0 Å². The lowest BCUT2D eigenvalue weighted by Crippen LogP contribution is -2.43. The van der Waals surface area contributed by atoms with Gasteiger partial charge >= 0.3 is 6.03 Å². The van der Waals surface area contributed by atoms with Crippen molar-refractivity contribution in [1.82, 2.24) is 14.9 Å². The van der Waals surface area contributed by atoms with Gasteiger partial charge in [0.15, 0.2) is 6.29 Å². The van der Waals surface area contributed by atoms with Crippen LogP contribution in [-0.4, -0.2) is 73.1 Å². The smallest absolute Gasteiger partial charge is 0.328 e. The van der Waals surface area contributed by atoms with E-state index >= 15 is 0 Å². The molecule has 0 bridgehead atoms. The Kier molecular flexibility index (Phi) is 7.48. The summed E-state index contributed by atoms with van der Waals surface area (Å²) in [6.45, 7) is 3.01. The minimum Gasteiger partial charge on any atom is -0.381 e. The summed E-state index contributed by atoms with van der Waals surface area (Å²) in [5.74, 6) is 0.371. The number of nitrogens with one attached hydrogen (secondary N) is 2. The summed E-state index contributed by atoms with van der Waals surface area (Å²) in [6, 6.07) is 4.30. The van der Waals surface area contributed by atoms with E-state index in [2.05, 4.69) is 31.6 Å². The van der Waals surface area contributed by atoms with Crippen molar-refractivity contribution in [3.8, 4) is 6.07 Å². The van der Waals surface area contributed by atoms with Gasteiger partial charge in [0.2, 0.25) is 0 Å². The number of fused-ring (bicyclic) bond motifs is 1. The normalized spacial score (nSPS) is 18.0.